The Labute approximate surface area is 118 Å². The van der Waals surface area contributed by atoms with E-state index in [9.17, 15) is 9.59 Å². The van der Waals surface area contributed by atoms with E-state index < -0.39 is 5.91 Å². The highest BCUT2D eigenvalue weighted by molar-refractivity contribution is 6.35. The minimum atomic E-state index is -0.450. The third-order valence-electron chi connectivity index (χ3n) is 2.31. The highest BCUT2D eigenvalue weighted by Gasteiger charge is 2.09. The Morgan fingerprint density at radius 1 is 1.21 bits per heavy atom. The van der Waals surface area contributed by atoms with Gasteiger partial charge in [-0.15, -0.1) is 0 Å². The van der Waals surface area contributed by atoms with Crippen LogP contribution in [0.3, 0.4) is 0 Å². The average molecular weight is 298 g/mol. The fraction of sp³-hybridized carbons (Fsp3) is 0.0833. The predicted molar refractivity (Wildman–Crippen MR) is 73.9 cm³/mol. The summed E-state index contributed by atoms with van der Waals surface area (Å²) >= 11 is 11.7. The van der Waals surface area contributed by atoms with E-state index in [1.54, 1.807) is 18.2 Å². The van der Waals surface area contributed by atoms with Crippen molar-refractivity contribution in [2.45, 2.75) is 0 Å². The first-order valence-electron chi connectivity index (χ1n) is 5.27. The number of anilines is 1. The van der Waals surface area contributed by atoms with Gasteiger partial charge in [-0.05, 0) is 24.3 Å². The van der Waals surface area contributed by atoms with Crippen molar-refractivity contribution >= 4 is 34.8 Å². The molecule has 1 heterocycles. The standard InChI is InChI=1S/C12H9Cl2N3O2/c1-17-11(18)3-2-10(16-17)12(19)15-9-5-7(13)4-8(14)6-9/h2-6H,1H3,(H,15,19). The summed E-state index contributed by atoms with van der Waals surface area (Å²) in [6.45, 7) is 0. The van der Waals surface area contributed by atoms with Crippen LogP contribution in [0.2, 0.25) is 10.0 Å². The molecule has 1 aromatic heterocycles. The summed E-state index contributed by atoms with van der Waals surface area (Å²) < 4.78 is 1.08. The summed E-state index contributed by atoms with van der Waals surface area (Å²) in [5, 5.41) is 7.27. The number of benzene rings is 1. The van der Waals surface area contributed by atoms with Gasteiger partial charge in [0.1, 0.15) is 5.69 Å². The molecule has 0 aliphatic heterocycles. The summed E-state index contributed by atoms with van der Waals surface area (Å²) in [4.78, 5) is 23.1. The van der Waals surface area contributed by atoms with E-state index >= 15 is 0 Å². The summed E-state index contributed by atoms with van der Waals surface area (Å²) in [6, 6.07) is 7.31. The van der Waals surface area contributed by atoms with E-state index in [1.165, 1.54) is 19.2 Å². The number of rotatable bonds is 2. The maximum absolute atomic E-state index is 11.9. The molecule has 5 nitrogen and oxygen atoms in total. The Bertz CT molecular complexity index is 677. The lowest BCUT2D eigenvalue weighted by atomic mass is 10.3. The quantitative estimate of drug-likeness (QED) is 0.925. The average Bonchev–Trinajstić information content (AvgIpc) is 2.31. The zero-order valence-electron chi connectivity index (χ0n) is 9.85. The number of aryl methyl sites for hydroxylation is 1. The van der Waals surface area contributed by atoms with Gasteiger partial charge in [0.2, 0.25) is 0 Å². The van der Waals surface area contributed by atoms with Gasteiger partial charge in [0.25, 0.3) is 11.5 Å². The van der Waals surface area contributed by atoms with Gasteiger partial charge in [0, 0.05) is 28.8 Å². The maximum Gasteiger partial charge on any atom is 0.276 e. The molecule has 0 bridgehead atoms. The SMILES string of the molecule is Cn1nc(C(=O)Nc2cc(Cl)cc(Cl)c2)ccc1=O. The Balaban J connectivity index is 2.25. The normalized spacial score (nSPS) is 10.3. The smallest absolute Gasteiger partial charge is 0.276 e. The van der Waals surface area contributed by atoms with Crippen LogP contribution in [-0.2, 0) is 7.05 Å². The van der Waals surface area contributed by atoms with Gasteiger partial charge in [-0.1, -0.05) is 23.2 Å². The molecule has 1 N–H and O–H groups in total. The van der Waals surface area contributed by atoms with Crippen LogP contribution in [0.1, 0.15) is 10.5 Å². The van der Waals surface area contributed by atoms with Gasteiger partial charge < -0.3 is 5.32 Å². The number of carbonyl (C=O) groups is 1. The molecule has 0 saturated carbocycles. The third-order valence-corrected chi connectivity index (χ3v) is 2.75. The highest BCUT2D eigenvalue weighted by atomic mass is 35.5. The van der Waals surface area contributed by atoms with E-state index in [0.717, 1.165) is 4.68 Å². The second-order valence-electron chi connectivity index (χ2n) is 3.79. The Morgan fingerprint density at radius 2 is 1.84 bits per heavy atom. The van der Waals surface area contributed by atoms with Gasteiger partial charge in [0.15, 0.2) is 0 Å². The third kappa shape index (κ3) is 3.33. The largest absolute Gasteiger partial charge is 0.320 e. The van der Waals surface area contributed by atoms with Gasteiger partial charge in [-0.3, -0.25) is 9.59 Å². The number of halogens is 2. The summed E-state index contributed by atoms with van der Waals surface area (Å²) in [5.41, 5.74) is 0.290. The lowest BCUT2D eigenvalue weighted by Gasteiger charge is -2.06. The molecule has 0 radical (unpaired) electrons. The van der Waals surface area contributed by atoms with Crippen LogP contribution >= 0.6 is 23.2 Å². The van der Waals surface area contributed by atoms with E-state index in [1.807, 2.05) is 0 Å². The number of nitrogens with one attached hydrogen (secondary N) is 1. The first kappa shape index (κ1) is 13.6. The molecule has 1 aromatic carbocycles. The molecule has 0 unspecified atom stereocenters. The molecule has 2 rings (SSSR count). The fourth-order valence-corrected chi connectivity index (χ4v) is 1.97. The summed E-state index contributed by atoms with van der Waals surface area (Å²) in [5.74, 6) is -0.450. The molecule has 0 fully saturated rings. The molecule has 0 saturated heterocycles. The zero-order chi connectivity index (χ0) is 14.0. The number of amides is 1. The molecule has 98 valence electrons. The minimum Gasteiger partial charge on any atom is -0.320 e. The maximum atomic E-state index is 11.9. The van der Waals surface area contributed by atoms with Crippen molar-refractivity contribution in [1.82, 2.24) is 9.78 Å². The molecule has 0 spiro atoms. The van der Waals surface area contributed by atoms with Crippen LogP contribution < -0.4 is 10.9 Å². The summed E-state index contributed by atoms with van der Waals surface area (Å²) in [7, 11) is 1.47. The van der Waals surface area contributed by atoms with Crippen LogP contribution in [-0.4, -0.2) is 15.7 Å². The predicted octanol–water partition coefficient (Wildman–Crippen LogP) is 2.34. The highest BCUT2D eigenvalue weighted by Crippen LogP contribution is 2.22. The first-order valence-corrected chi connectivity index (χ1v) is 6.03. The van der Waals surface area contributed by atoms with Crippen LogP contribution in [0.5, 0.6) is 0 Å². The van der Waals surface area contributed by atoms with Crippen molar-refractivity contribution in [3.05, 3.63) is 56.4 Å². The Kier molecular flexibility index (Phi) is 3.87. The van der Waals surface area contributed by atoms with Crippen LogP contribution in [0.15, 0.2) is 35.1 Å². The van der Waals surface area contributed by atoms with Crippen LogP contribution in [0.25, 0.3) is 0 Å². The number of hydrogen-bond acceptors (Lipinski definition) is 3. The molecule has 2 aromatic rings. The van der Waals surface area contributed by atoms with Gasteiger partial charge in [0.05, 0.1) is 0 Å². The van der Waals surface area contributed by atoms with Crippen LogP contribution in [0.4, 0.5) is 5.69 Å². The van der Waals surface area contributed by atoms with E-state index in [4.69, 9.17) is 23.2 Å². The van der Waals surface area contributed by atoms with Crippen molar-refractivity contribution < 1.29 is 4.79 Å². The molecule has 0 aliphatic rings. The number of hydrogen-bond donors (Lipinski definition) is 1. The molecule has 7 heteroatoms. The van der Waals surface area contributed by atoms with Crippen molar-refractivity contribution in [1.29, 1.82) is 0 Å². The van der Waals surface area contributed by atoms with Gasteiger partial charge in [-0.2, -0.15) is 5.10 Å². The van der Waals surface area contributed by atoms with Crippen molar-refractivity contribution in [3.63, 3.8) is 0 Å². The Morgan fingerprint density at radius 3 is 2.42 bits per heavy atom. The topological polar surface area (TPSA) is 64.0 Å². The molecule has 1 amide bonds. The number of nitrogens with zero attached hydrogens (tertiary/aromatic N) is 2. The zero-order valence-corrected chi connectivity index (χ0v) is 11.4. The Hall–Kier alpha value is -1.85. The van der Waals surface area contributed by atoms with Gasteiger partial charge in [-0.25, -0.2) is 4.68 Å². The molecular formula is C12H9Cl2N3O2. The monoisotopic (exact) mass is 297 g/mol. The van der Waals surface area contributed by atoms with Crippen molar-refractivity contribution in [2.75, 3.05) is 5.32 Å². The first-order chi connectivity index (χ1) is 8.95. The molecule has 0 aliphatic carbocycles. The van der Waals surface area contributed by atoms with E-state index in [2.05, 4.69) is 10.4 Å². The van der Waals surface area contributed by atoms with Crippen molar-refractivity contribution in [3.8, 4) is 0 Å². The van der Waals surface area contributed by atoms with E-state index in [-0.39, 0.29) is 11.3 Å². The fourth-order valence-electron chi connectivity index (χ4n) is 1.44. The molecular weight excluding hydrogens is 289 g/mol. The van der Waals surface area contributed by atoms with Crippen LogP contribution in [0, 0.1) is 0 Å². The summed E-state index contributed by atoms with van der Waals surface area (Å²) in [6.07, 6.45) is 0. The molecule has 19 heavy (non-hydrogen) atoms. The minimum absolute atomic E-state index is 0.123. The second kappa shape index (κ2) is 5.42. The van der Waals surface area contributed by atoms with E-state index in [0.29, 0.717) is 15.7 Å². The van der Waals surface area contributed by atoms with Gasteiger partial charge >= 0.3 is 0 Å². The lowest BCUT2D eigenvalue weighted by Crippen LogP contribution is -2.23. The number of aromatic nitrogens is 2. The lowest BCUT2D eigenvalue weighted by molar-refractivity contribution is 0.102. The van der Waals surface area contributed by atoms with Crippen molar-refractivity contribution in [2.24, 2.45) is 7.05 Å². The molecule has 0 atom stereocenters. The second-order valence-corrected chi connectivity index (χ2v) is 4.67. The number of carbonyl (C=O) groups excluding carboxylic acids is 1.